The molecule has 2 aliphatic heterocycles. The Kier molecular flexibility index (Phi) is 5.37. The van der Waals surface area contributed by atoms with Gasteiger partial charge in [0.1, 0.15) is 5.92 Å². The maximum Gasteiger partial charge on any atom is 0.338 e. The van der Waals surface area contributed by atoms with Crippen LogP contribution in [0.4, 0.5) is 5.69 Å². The molecule has 1 saturated heterocycles. The van der Waals surface area contributed by atoms with Crippen molar-refractivity contribution in [3.8, 4) is 0 Å². The summed E-state index contributed by atoms with van der Waals surface area (Å²) in [6, 6.07) is 6.31. The van der Waals surface area contributed by atoms with Crippen molar-refractivity contribution in [1.82, 2.24) is 0 Å². The number of anilines is 1. The van der Waals surface area contributed by atoms with E-state index in [1.54, 1.807) is 36.4 Å². The highest BCUT2D eigenvalue weighted by Gasteiger charge is 2.53. The number of hydrogen-bond donors (Lipinski definition) is 2. The summed E-state index contributed by atoms with van der Waals surface area (Å²) in [6.45, 7) is 2.39. The van der Waals surface area contributed by atoms with Gasteiger partial charge in [0.25, 0.3) is 0 Å². The van der Waals surface area contributed by atoms with Gasteiger partial charge in [0, 0.05) is 5.69 Å². The lowest BCUT2D eigenvalue weighted by Gasteiger charge is -2.21. The zero-order chi connectivity index (χ0) is 18.7. The molecule has 1 amide bonds. The van der Waals surface area contributed by atoms with Crippen molar-refractivity contribution >= 4 is 23.5 Å². The van der Waals surface area contributed by atoms with E-state index < -0.39 is 41.9 Å². The number of carbonyl (C=O) groups excluding carboxylic acids is 2. The Balaban J connectivity index is 1.62. The minimum Gasteiger partial charge on any atom is -0.481 e. The van der Waals surface area contributed by atoms with Gasteiger partial charge in [-0.3, -0.25) is 9.59 Å². The molecule has 138 valence electrons. The molecule has 3 rings (SSSR count). The quantitative estimate of drug-likeness (QED) is 0.440. The maximum absolute atomic E-state index is 12.5. The monoisotopic (exact) mass is 359 g/mol. The number of ether oxygens (including phenoxy) is 2. The Morgan fingerprint density at radius 2 is 1.77 bits per heavy atom. The minimum absolute atomic E-state index is 0.377. The fraction of sp³-hybridized carbons (Fsp3) is 0.421. The first kappa shape index (κ1) is 18.1. The van der Waals surface area contributed by atoms with Crippen LogP contribution in [0.5, 0.6) is 0 Å². The van der Waals surface area contributed by atoms with Crippen LogP contribution in [-0.2, 0) is 19.1 Å². The minimum atomic E-state index is -1.05. The normalized spacial score (nSPS) is 25.9. The molecule has 7 heteroatoms. The topological polar surface area (TPSA) is 102 Å². The lowest BCUT2D eigenvalue weighted by Crippen LogP contribution is -2.39. The van der Waals surface area contributed by atoms with Crippen molar-refractivity contribution in [1.29, 1.82) is 0 Å². The molecule has 2 bridgehead atoms. The van der Waals surface area contributed by atoms with Crippen molar-refractivity contribution in [2.75, 3.05) is 11.9 Å². The van der Waals surface area contributed by atoms with Crippen LogP contribution in [-0.4, -0.2) is 41.8 Å². The van der Waals surface area contributed by atoms with Crippen molar-refractivity contribution in [3.05, 3.63) is 42.0 Å². The molecule has 26 heavy (non-hydrogen) atoms. The third-order valence-electron chi connectivity index (χ3n) is 4.61. The molecule has 2 aliphatic rings. The van der Waals surface area contributed by atoms with Gasteiger partial charge >= 0.3 is 11.9 Å². The Morgan fingerprint density at radius 1 is 1.12 bits per heavy atom. The van der Waals surface area contributed by atoms with E-state index in [-0.39, 0.29) is 0 Å². The molecule has 1 aromatic rings. The lowest BCUT2D eigenvalue weighted by molar-refractivity contribution is -0.145. The standard InChI is InChI=1S/C19H21NO6/c1-2-3-10-25-19(24)11-4-6-12(7-5-11)20-17(21)15-13-8-9-14(26-13)16(15)18(22)23/h4-9,13-16H,2-3,10H2,1H3,(H,20,21)(H,22,23)/t13-,14+,15-,16+/m1/s1. The zero-order valence-corrected chi connectivity index (χ0v) is 14.4. The van der Waals surface area contributed by atoms with Gasteiger partial charge in [-0.05, 0) is 30.7 Å². The third kappa shape index (κ3) is 3.62. The second kappa shape index (κ2) is 7.70. The molecule has 2 heterocycles. The lowest BCUT2D eigenvalue weighted by atomic mass is 9.82. The van der Waals surface area contributed by atoms with Gasteiger partial charge in [0.2, 0.25) is 5.91 Å². The maximum atomic E-state index is 12.5. The number of fused-ring (bicyclic) bond motifs is 2. The van der Waals surface area contributed by atoms with E-state index in [1.165, 1.54) is 0 Å². The van der Waals surface area contributed by atoms with Crippen LogP contribution in [0.3, 0.4) is 0 Å². The highest BCUT2D eigenvalue weighted by Crippen LogP contribution is 2.39. The van der Waals surface area contributed by atoms with Crippen LogP contribution in [0.2, 0.25) is 0 Å². The second-order valence-electron chi connectivity index (χ2n) is 6.40. The smallest absolute Gasteiger partial charge is 0.338 e. The van der Waals surface area contributed by atoms with Gasteiger partial charge in [0.15, 0.2) is 0 Å². The predicted molar refractivity (Wildman–Crippen MR) is 92.7 cm³/mol. The third-order valence-corrected chi connectivity index (χ3v) is 4.61. The SMILES string of the molecule is CCCCOC(=O)c1ccc(NC(=O)[C@H]2[C@@H](C(=O)O)[C@@H]3C=C[C@H]2O3)cc1. The number of rotatable bonds is 7. The summed E-state index contributed by atoms with van der Waals surface area (Å²) in [7, 11) is 0. The molecule has 0 aromatic heterocycles. The molecule has 2 N–H and O–H groups in total. The largest absolute Gasteiger partial charge is 0.481 e. The highest BCUT2D eigenvalue weighted by atomic mass is 16.5. The average Bonchev–Trinajstić information content (AvgIpc) is 3.23. The van der Waals surface area contributed by atoms with Gasteiger partial charge in [-0.25, -0.2) is 4.79 Å². The summed E-state index contributed by atoms with van der Waals surface area (Å²) in [5, 5.41) is 12.1. The molecule has 1 aromatic carbocycles. The number of carbonyl (C=O) groups is 3. The van der Waals surface area contributed by atoms with Crippen LogP contribution in [0, 0.1) is 11.8 Å². The molecule has 1 fully saturated rings. The van der Waals surface area contributed by atoms with Gasteiger partial charge < -0.3 is 19.9 Å². The first-order valence-electron chi connectivity index (χ1n) is 8.66. The van der Waals surface area contributed by atoms with E-state index in [0.29, 0.717) is 17.9 Å². The summed E-state index contributed by atoms with van der Waals surface area (Å²) in [5.74, 6) is -3.53. The Labute approximate surface area is 151 Å². The van der Waals surface area contributed by atoms with E-state index in [4.69, 9.17) is 9.47 Å². The summed E-state index contributed by atoms with van der Waals surface area (Å²) in [6.07, 6.45) is 4.08. The number of carboxylic acid groups (broad SMARTS) is 1. The van der Waals surface area contributed by atoms with Gasteiger partial charge in [-0.15, -0.1) is 0 Å². The average molecular weight is 359 g/mol. The van der Waals surface area contributed by atoms with E-state index in [0.717, 1.165) is 12.8 Å². The summed E-state index contributed by atoms with van der Waals surface area (Å²) >= 11 is 0. The number of nitrogens with one attached hydrogen (secondary N) is 1. The number of benzene rings is 1. The molecule has 0 spiro atoms. The van der Waals surface area contributed by atoms with Gasteiger partial charge in [-0.1, -0.05) is 25.5 Å². The van der Waals surface area contributed by atoms with E-state index in [2.05, 4.69) is 5.32 Å². The Bertz CT molecular complexity index is 726. The van der Waals surface area contributed by atoms with Crippen LogP contribution >= 0.6 is 0 Å². The number of hydrogen-bond acceptors (Lipinski definition) is 5. The zero-order valence-electron chi connectivity index (χ0n) is 14.4. The van der Waals surface area contributed by atoms with Crippen LogP contribution in [0.15, 0.2) is 36.4 Å². The number of esters is 1. The molecule has 0 radical (unpaired) electrons. The Morgan fingerprint density at radius 3 is 2.38 bits per heavy atom. The Hall–Kier alpha value is -2.67. The van der Waals surface area contributed by atoms with Crippen LogP contribution in [0.1, 0.15) is 30.1 Å². The van der Waals surface area contributed by atoms with Crippen LogP contribution in [0.25, 0.3) is 0 Å². The number of carboxylic acids is 1. The molecule has 0 aliphatic carbocycles. The fourth-order valence-electron chi connectivity index (χ4n) is 3.22. The fourth-order valence-corrected chi connectivity index (χ4v) is 3.22. The summed E-state index contributed by atoms with van der Waals surface area (Å²) in [4.78, 5) is 35.8. The first-order valence-corrected chi connectivity index (χ1v) is 8.66. The number of unbranched alkanes of at least 4 members (excludes halogenated alkanes) is 1. The second-order valence-corrected chi connectivity index (χ2v) is 6.40. The van der Waals surface area contributed by atoms with Crippen molar-refractivity contribution in [2.24, 2.45) is 11.8 Å². The van der Waals surface area contributed by atoms with Gasteiger partial charge in [-0.2, -0.15) is 0 Å². The highest BCUT2D eigenvalue weighted by molar-refractivity contribution is 5.97. The van der Waals surface area contributed by atoms with E-state index in [1.807, 2.05) is 6.92 Å². The van der Waals surface area contributed by atoms with E-state index >= 15 is 0 Å². The molecular formula is C19H21NO6. The van der Waals surface area contributed by atoms with Gasteiger partial charge in [0.05, 0.1) is 30.3 Å². The molecular weight excluding hydrogens is 338 g/mol. The van der Waals surface area contributed by atoms with E-state index in [9.17, 15) is 19.5 Å². The number of amides is 1. The molecule has 0 unspecified atom stereocenters. The predicted octanol–water partition coefficient (Wildman–Crippen LogP) is 2.24. The molecule has 0 saturated carbocycles. The molecule has 4 atom stereocenters. The summed E-state index contributed by atoms with van der Waals surface area (Å²) in [5.41, 5.74) is 0.879. The summed E-state index contributed by atoms with van der Waals surface area (Å²) < 4.78 is 10.6. The first-order chi connectivity index (χ1) is 12.5. The van der Waals surface area contributed by atoms with Crippen molar-refractivity contribution in [2.45, 2.75) is 32.0 Å². The van der Waals surface area contributed by atoms with Crippen molar-refractivity contribution < 1.29 is 29.0 Å². The molecule has 7 nitrogen and oxygen atoms in total. The van der Waals surface area contributed by atoms with Crippen LogP contribution < -0.4 is 5.32 Å². The van der Waals surface area contributed by atoms with Crippen molar-refractivity contribution in [3.63, 3.8) is 0 Å². The number of aliphatic carboxylic acids is 1.